The maximum atomic E-state index is 11.7. The van der Waals surface area contributed by atoms with E-state index in [1.165, 1.54) is 12.7 Å². The summed E-state index contributed by atoms with van der Waals surface area (Å²) in [6.07, 6.45) is 0. The van der Waals surface area contributed by atoms with Crippen LogP contribution in [0.3, 0.4) is 0 Å². The maximum absolute atomic E-state index is 11.7. The second-order valence-corrected chi connectivity index (χ2v) is 4.60. The van der Waals surface area contributed by atoms with Crippen LogP contribution >= 0.6 is 0 Å². The van der Waals surface area contributed by atoms with Gasteiger partial charge in [-0.3, -0.25) is 4.68 Å². The first-order valence-electron chi connectivity index (χ1n) is 6.21. The Kier molecular flexibility index (Phi) is 3.69. The van der Waals surface area contributed by atoms with E-state index in [1.807, 2.05) is 36.7 Å². The monoisotopic (exact) mass is 258 g/mol. The molecule has 1 aromatic heterocycles. The summed E-state index contributed by atoms with van der Waals surface area (Å²) in [5.74, 6) is -0.311. The summed E-state index contributed by atoms with van der Waals surface area (Å²) in [5.41, 5.74) is 4.84. The summed E-state index contributed by atoms with van der Waals surface area (Å²) < 4.78 is 6.73. The Morgan fingerprint density at radius 1 is 1.26 bits per heavy atom. The van der Waals surface area contributed by atoms with Gasteiger partial charge in [-0.1, -0.05) is 18.2 Å². The molecule has 4 heteroatoms. The number of carbonyl (C=O) groups is 1. The minimum atomic E-state index is -0.311. The second kappa shape index (κ2) is 5.26. The van der Waals surface area contributed by atoms with Gasteiger partial charge in [0.05, 0.1) is 24.9 Å². The fourth-order valence-electron chi connectivity index (χ4n) is 2.07. The highest BCUT2D eigenvalue weighted by Crippen LogP contribution is 2.16. The molecule has 4 nitrogen and oxygen atoms in total. The molecule has 2 rings (SSSR count). The predicted molar refractivity (Wildman–Crippen MR) is 73.3 cm³/mol. The minimum Gasteiger partial charge on any atom is -0.465 e. The van der Waals surface area contributed by atoms with E-state index in [0.717, 1.165) is 17.0 Å². The molecule has 2 aromatic rings. The van der Waals surface area contributed by atoms with Crippen molar-refractivity contribution in [2.24, 2.45) is 0 Å². The molecule has 0 amide bonds. The third-order valence-corrected chi connectivity index (χ3v) is 3.49. The molecule has 0 saturated carbocycles. The lowest BCUT2D eigenvalue weighted by atomic mass is 10.1. The Labute approximate surface area is 113 Å². The summed E-state index contributed by atoms with van der Waals surface area (Å²) in [6, 6.07) is 7.46. The maximum Gasteiger partial charge on any atom is 0.338 e. The van der Waals surface area contributed by atoms with Crippen LogP contribution in [-0.2, 0) is 11.3 Å². The number of nitrogens with zero attached hydrogens (tertiary/aromatic N) is 2. The highest BCUT2D eigenvalue weighted by molar-refractivity contribution is 5.90. The normalized spacial score (nSPS) is 10.5. The number of carbonyl (C=O) groups excluding carboxylic acids is 1. The van der Waals surface area contributed by atoms with Crippen molar-refractivity contribution >= 4 is 5.97 Å². The molecule has 100 valence electrons. The van der Waals surface area contributed by atoms with E-state index in [0.29, 0.717) is 12.1 Å². The zero-order valence-electron chi connectivity index (χ0n) is 11.7. The first kappa shape index (κ1) is 13.3. The van der Waals surface area contributed by atoms with E-state index in [4.69, 9.17) is 4.74 Å². The quantitative estimate of drug-likeness (QED) is 0.795. The van der Waals surface area contributed by atoms with Crippen LogP contribution in [0.1, 0.15) is 32.9 Å². The van der Waals surface area contributed by atoms with Crippen molar-refractivity contribution in [1.82, 2.24) is 9.78 Å². The molecule has 0 aliphatic carbocycles. The summed E-state index contributed by atoms with van der Waals surface area (Å²) in [6.45, 7) is 6.66. The van der Waals surface area contributed by atoms with Gasteiger partial charge in [0.2, 0.25) is 0 Å². The number of benzene rings is 1. The lowest BCUT2D eigenvalue weighted by molar-refractivity contribution is 0.0599. The highest BCUT2D eigenvalue weighted by atomic mass is 16.5. The van der Waals surface area contributed by atoms with Crippen LogP contribution in [0, 0.1) is 20.8 Å². The minimum absolute atomic E-state index is 0.311. The molecule has 19 heavy (non-hydrogen) atoms. The summed E-state index contributed by atoms with van der Waals surface area (Å²) in [7, 11) is 1.40. The molecular formula is C15H18N2O2. The third-order valence-electron chi connectivity index (χ3n) is 3.49. The van der Waals surface area contributed by atoms with Crippen molar-refractivity contribution in [3.63, 3.8) is 0 Å². The van der Waals surface area contributed by atoms with E-state index in [9.17, 15) is 4.79 Å². The predicted octanol–water partition coefficient (Wildman–Crippen LogP) is 2.64. The van der Waals surface area contributed by atoms with Gasteiger partial charge in [-0.25, -0.2) is 4.79 Å². The van der Waals surface area contributed by atoms with E-state index < -0.39 is 0 Å². The molecule has 0 saturated heterocycles. The Morgan fingerprint density at radius 3 is 2.53 bits per heavy atom. The van der Waals surface area contributed by atoms with Gasteiger partial charge in [0.25, 0.3) is 0 Å². The Morgan fingerprint density at radius 2 is 1.95 bits per heavy atom. The van der Waals surface area contributed by atoms with Gasteiger partial charge in [0.1, 0.15) is 0 Å². The number of hydrogen-bond donors (Lipinski definition) is 0. The molecule has 0 aliphatic rings. The van der Waals surface area contributed by atoms with Gasteiger partial charge in [-0.2, -0.15) is 5.10 Å². The number of hydrogen-bond acceptors (Lipinski definition) is 3. The molecule has 0 atom stereocenters. The van der Waals surface area contributed by atoms with Crippen molar-refractivity contribution in [3.8, 4) is 0 Å². The molecule has 1 heterocycles. The largest absolute Gasteiger partial charge is 0.465 e. The van der Waals surface area contributed by atoms with Crippen molar-refractivity contribution in [2.45, 2.75) is 27.3 Å². The van der Waals surface area contributed by atoms with E-state index in [1.54, 1.807) is 6.07 Å². The van der Waals surface area contributed by atoms with Crippen LogP contribution in [-0.4, -0.2) is 22.9 Å². The highest BCUT2D eigenvalue weighted by Gasteiger charge is 2.13. The Hall–Kier alpha value is -2.10. The number of methoxy groups -OCH3 is 1. The molecule has 0 spiro atoms. The van der Waals surface area contributed by atoms with E-state index >= 15 is 0 Å². The number of aryl methyl sites for hydroxylation is 1. The fourth-order valence-corrected chi connectivity index (χ4v) is 2.07. The van der Waals surface area contributed by atoms with E-state index in [-0.39, 0.29) is 5.97 Å². The topological polar surface area (TPSA) is 44.1 Å². The van der Waals surface area contributed by atoms with Gasteiger partial charge in [-0.15, -0.1) is 0 Å². The van der Waals surface area contributed by atoms with Gasteiger partial charge in [0, 0.05) is 5.69 Å². The van der Waals surface area contributed by atoms with Gasteiger partial charge < -0.3 is 4.74 Å². The Balaban J connectivity index is 2.38. The van der Waals surface area contributed by atoms with E-state index in [2.05, 4.69) is 12.0 Å². The van der Waals surface area contributed by atoms with Crippen LogP contribution in [0.4, 0.5) is 0 Å². The molecule has 0 N–H and O–H groups in total. The lowest BCUT2D eigenvalue weighted by Gasteiger charge is -2.09. The SMILES string of the molecule is COC(=O)c1ccccc1Cn1nc(C)c(C)c1C. The van der Waals surface area contributed by atoms with Crippen LogP contribution in [0.2, 0.25) is 0 Å². The van der Waals surface area contributed by atoms with Crippen molar-refractivity contribution in [1.29, 1.82) is 0 Å². The zero-order chi connectivity index (χ0) is 14.0. The second-order valence-electron chi connectivity index (χ2n) is 4.60. The van der Waals surface area contributed by atoms with Crippen molar-refractivity contribution < 1.29 is 9.53 Å². The van der Waals surface area contributed by atoms with Crippen LogP contribution < -0.4 is 0 Å². The molecule has 0 bridgehead atoms. The smallest absolute Gasteiger partial charge is 0.338 e. The number of ether oxygens (including phenoxy) is 1. The number of rotatable bonds is 3. The number of esters is 1. The summed E-state index contributed by atoms with van der Waals surface area (Å²) >= 11 is 0. The van der Waals surface area contributed by atoms with Crippen LogP contribution in [0.5, 0.6) is 0 Å². The number of aromatic nitrogens is 2. The van der Waals surface area contributed by atoms with Crippen LogP contribution in [0.15, 0.2) is 24.3 Å². The molecule has 0 unspecified atom stereocenters. The average Bonchev–Trinajstić information content (AvgIpc) is 2.66. The van der Waals surface area contributed by atoms with Gasteiger partial charge in [0.15, 0.2) is 0 Å². The van der Waals surface area contributed by atoms with Gasteiger partial charge in [-0.05, 0) is 38.0 Å². The van der Waals surface area contributed by atoms with Crippen LogP contribution in [0.25, 0.3) is 0 Å². The summed E-state index contributed by atoms with van der Waals surface area (Å²) in [4.78, 5) is 11.7. The molecule has 0 fully saturated rings. The van der Waals surface area contributed by atoms with Crippen molar-refractivity contribution in [3.05, 3.63) is 52.3 Å². The average molecular weight is 258 g/mol. The molecular weight excluding hydrogens is 240 g/mol. The first-order valence-corrected chi connectivity index (χ1v) is 6.21. The third kappa shape index (κ3) is 2.52. The molecule has 1 aromatic carbocycles. The van der Waals surface area contributed by atoms with Gasteiger partial charge >= 0.3 is 5.97 Å². The zero-order valence-corrected chi connectivity index (χ0v) is 11.7. The first-order chi connectivity index (χ1) is 9.04. The standard InChI is InChI=1S/C15H18N2O2/c1-10-11(2)16-17(12(10)3)9-13-7-5-6-8-14(13)15(18)19-4/h5-8H,9H2,1-4H3. The summed E-state index contributed by atoms with van der Waals surface area (Å²) in [5, 5.41) is 4.50. The molecule has 0 aliphatic heterocycles. The lowest BCUT2D eigenvalue weighted by Crippen LogP contribution is -2.10. The fraction of sp³-hybridized carbons (Fsp3) is 0.333. The molecule has 0 radical (unpaired) electrons. The Bertz CT molecular complexity index is 615. The van der Waals surface area contributed by atoms with Crippen molar-refractivity contribution in [2.75, 3.05) is 7.11 Å².